The minimum absolute atomic E-state index is 0.639. The SMILES string of the molecule is C1=CN(C2CC2)c2c(cnc3ccccc23)O1. The van der Waals surface area contributed by atoms with E-state index in [1.54, 1.807) is 6.26 Å². The second-order valence-corrected chi connectivity index (χ2v) is 4.53. The third kappa shape index (κ3) is 1.32. The lowest BCUT2D eigenvalue weighted by atomic mass is 10.1. The highest BCUT2D eigenvalue weighted by atomic mass is 16.5. The number of rotatable bonds is 1. The van der Waals surface area contributed by atoms with Crippen LogP contribution in [0.5, 0.6) is 5.75 Å². The van der Waals surface area contributed by atoms with Crippen molar-refractivity contribution in [1.29, 1.82) is 0 Å². The zero-order valence-electron chi connectivity index (χ0n) is 9.34. The molecule has 3 nitrogen and oxygen atoms in total. The number of hydrogen-bond acceptors (Lipinski definition) is 3. The van der Waals surface area contributed by atoms with Crippen LogP contribution in [-0.2, 0) is 0 Å². The van der Waals surface area contributed by atoms with Gasteiger partial charge in [0.1, 0.15) is 6.26 Å². The monoisotopic (exact) mass is 224 g/mol. The molecule has 1 saturated carbocycles. The molecule has 0 atom stereocenters. The van der Waals surface area contributed by atoms with Crippen molar-refractivity contribution in [2.24, 2.45) is 0 Å². The van der Waals surface area contributed by atoms with Crippen LogP contribution in [0.25, 0.3) is 10.9 Å². The van der Waals surface area contributed by atoms with E-state index in [0.717, 1.165) is 11.3 Å². The summed E-state index contributed by atoms with van der Waals surface area (Å²) in [6.45, 7) is 0. The van der Waals surface area contributed by atoms with Gasteiger partial charge >= 0.3 is 0 Å². The third-order valence-corrected chi connectivity index (χ3v) is 3.33. The van der Waals surface area contributed by atoms with Gasteiger partial charge in [0.15, 0.2) is 5.75 Å². The molecule has 0 spiro atoms. The Bertz CT molecular complexity index is 617. The molecule has 2 heterocycles. The van der Waals surface area contributed by atoms with Crippen molar-refractivity contribution in [1.82, 2.24) is 4.98 Å². The fraction of sp³-hybridized carbons (Fsp3) is 0.214. The Kier molecular flexibility index (Phi) is 1.72. The highest BCUT2D eigenvalue weighted by Crippen LogP contribution is 2.43. The first kappa shape index (κ1) is 9.05. The average Bonchev–Trinajstić information content (AvgIpc) is 3.22. The molecule has 84 valence electrons. The van der Waals surface area contributed by atoms with Crippen LogP contribution in [-0.4, -0.2) is 11.0 Å². The minimum atomic E-state index is 0.639. The van der Waals surface area contributed by atoms with Crippen LogP contribution < -0.4 is 9.64 Å². The van der Waals surface area contributed by atoms with Gasteiger partial charge in [-0.05, 0) is 18.9 Å². The summed E-state index contributed by atoms with van der Waals surface area (Å²) in [5.41, 5.74) is 2.19. The fourth-order valence-electron chi connectivity index (χ4n) is 2.36. The lowest BCUT2D eigenvalue weighted by Gasteiger charge is -2.26. The molecule has 3 heteroatoms. The predicted molar refractivity (Wildman–Crippen MR) is 67.0 cm³/mol. The molecule has 2 aromatic rings. The van der Waals surface area contributed by atoms with Gasteiger partial charge in [-0.15, -0.1) is 0 Å². The molecular weight excluding hydrogens is 212 g/mol. The number of benzene rings is 1. The molecule has 0 unspecified atom stereocenters. The van der Waals surface area contributed by atoms with E-state index in [2.05, 4.69) is 16.0 Å². The Morgan fingerprint density at radius 2 is 2.12 bits per heavy atom. The summed E-state index contributed by atoms with van der Waals surface area (Å²) in [5.74, 6) is 0.859. The van der Waals surface area contributed by atoms with Crippen LogP contribution in [0.1, 0.15) is 12.8 Å². The van der Waals surface area contributed by atoms with Crippen LogP contribution in [0.4, 0.5) is 5.69 Å². The van der Waals surface area contributed by atoms with Crippen LogP contribution in [0.3, 0.4) is 0 Å². The summed E-state index contributed by atoms with van der Waals surface area (Å²) >= 11 is 0. The summed E-state index contributed by atoms with van der Waals surface area (Å²) in [6, 6.07) is 8.86. The number of pyridine rings is 1. The maximum absolute atomic E-state index is 5.56. The number of nitrogens with zero attached hydrogens (tertiary/aromatic N) is 2. The van der Waals surface area contributed by atoms with Crippen molar-refractivity contribution in [3.63, 3.8) is 0 Å². The minimum Gasteiger partial charge on any atom is -0.460 e. The van der Waals surface area contributed by atoms with Crippen molar-refractivity contribution in [3.05, 3.63) is 42.9 Å². The quantitative estimate of drug-likeness (QED) is 0.744. The van der Waals surface area contributed by atoms with Gasteiger partial charge < -0.3 is 9.64 Å². The normalized spacial score (nSPS) is 18.0. The Morgan fingerprint density at radius 1 is 1.24 bits per heavy atom. The number of anilines is 1. The van der Waals surface area contributed by atoms with E-state index in [1.165, 1.54) is 23.9 Å². The zero-order valence-corrected chi connectivity index (χ0v) is 9.34. The first-order valence-corrected chi connectivity index (χ1v) is 5.93. The molecule has 0 radical (unpaired) electrons. The van der Waals surface area contributed by atoms with E-state index in [9.17, 15) is 0 Å². The molecular formula is C14H12N2O. The van der Waals surface area contributed by atoms with Crippen LogP contribution in [0, 0.1) is 0 Å². The van der Waals surface area contributed by atoms with E-state index in [0.29, 0.717) is 6.04 Å². The number of para-hydroxylation sites is 1. The summed E-state index contributed by atoms with van der Waals surface area (Å²) in [6.07, 6.45) is 8.13. The lowest BCUT2D eigenvalue weighted by molar-refractivity contribution is 0.467. The molecule has 1 aliphatic heterocycles. The maximum atomic E-state index is 5.56. The standard InChI is InChI=1S/C14H12N2O/c1-2-4-12-11(3-1)14-13(9-15-12)17-8-7-16(14)10-5-6-10/h1-4,7-10H,5-6H2. The molecule has 4 rings (SSSR count). The number of hydrogen-bond donors (Lipinski definition) is 0. The Balaban J connectivity index is 2.01. The highest BCUT2D eigenvalue weighted by molar-refractivity contribution is 5.95. The van der Waals surface area contributed by atoms with E-state index in [4.69, 9.17) is 4.74 Å². The second-order valence-electron chi connectivity index (χ2n) is 4.53. The van der Waals surface area contributed by atoms with Gasteiger partial charge in [-0.3, -0.25) is 4.98 Å². The largest absolute Gasteiger partial charge is 0.460 e. The molecule has 1 fully saturated rings. The fourth-order valence-corrected chi connectivity index (χ4v) is 2.36. The maximum Gasteiger partial charge on any atom is 0.169 e. The first-order chi connectivity index (χ1) is 8.43. The molecule has 1 aromatic carbocycles. The second kappa shape index (κ2) is 3.23. The van der Waals surface area contributed by atoms with Gasteiger partial charge in [0.05, 0.1) is 17.4 Å². The van der Waals surface area contributed by atoms with E-state index in [1.807, 2.05) is 30.6 Å². The topological polar surface area (TPSA) is 25.4 Å². The van der Waals surface area contributed by atoms with Gasteiger partial charge in [0.2, 0.25) is 0 Å². The van der Waals surface area contributed by atoms with Crippen LogP contribution in [0.15, 0.2) is 42.9 Å². The van der Waals surface area contributed by atoms with Crippen molar-refractivity contribution in [3.8, 4) is 5.75 Å². The van der Waals surface area contributed by atoms with E-state index < -0.39 is 0 Å². The summed E-state index contributed by atoms with van der Waals surface area (Å²) in [4.78, 5) is 6.75. The molecule has 2 aliphatic rings. The Labute approximate surface area is 99.3 Å². The molecule has 0 bridgehead atoms. The molecule has 17 heavy (non-hydrogen) atoms. The number of ether oxygens (including phenoxy) is 1. The zero-order chi connectivity index (χ0) is 11.2. The van der Waals surface area contributed by atoms with Gasteiger partial charge in [0.25, 0.3) is 0 Å². The van der Waals surface area contributed by atoms with Crippen molar-refractivity contribution >= 4 is 16.6 Å². The smallest absolute Gasteiger partial charge is 0.169 e. The molecule has 1 aliphatic carbocycles. The highest BCUT2D eigenvalue weighted by Gasteiger charge is 2.32. The number of fused-ring (bicyclic) bond motifs is 3. The predicted octanol–water partition coefficient (Wildman–Crippen LogP) is 3.07. The van der Waals surface area contributed by atoms with Crippen LogP contribution >= 0.6 is 0 Å². The summed E-state index contributed by atoms with van der Waals surface area (Å²) < 4.78 is 5.56. The van der Waals surface area contributed by atoms with Crippen molar-refractivity contribution < 1.29 is 4.74 Å². The van der Waals surface area contributed by atoms with Crippen molar-refractivity contribution in [2.45, 2.75) is 18.9 Å². The van der Waals surface area contributed by atoms with Gasteiger partial charge in [-0.2, -0.15) is 0 Å². The molecule has 1 aromatic heterocycles. The van der Waals surface area contributed by atoms with Gasteiger partial charge in [-0.1, -0.05) is 18.2 Å². The van der Waals surface area contributed by atoms with Gasteiger partial charge in [-0.25, -0.2) is 0 Å². The van der Waals surface area contributed by atoms with E-state index in [-0.39, 0.29) is 0 Å². The summed E-state index contributed by atoms with van der Waals surface area (Å²) in [7, 11) is 0. The Hall–Kier alpha value is -2.03. The number of aromatic nitrogens is 1. The Morgan fingerprint density at radius 3 is 3.00 bits per heavy atom. The first-order valence-electron chi connectivity index (χ1n) is 5.93. The summed E-state index contributed by atoms with van der Waals surface area (Å²) in [5, 5.41) is 1.17. The molecule has 0 saturated heterocycles. The molecule has 0 amide bonds. The third-order valence-electron chi connectivity index (χ3n) is 3.33. The van der Waals surface area contributed by atoms with Crippen LogP contribution in [0.2, 0.25) is 0 Å². The van der Waals surface area contributed by atoms with Gasteiger partial charge in [0, 0.05) is 17.6 Å². The molecule has 0 N–H and O–H groups in total. The van der Waals surface area contributed by atoms with E-state index >= 15 is 0 Å². The lowest BCUT2D eigenvalue weighted by Crippen LogP contribution is -2.22. The van der Waals surface area contributed by atoms with Crippen molar-refractivity contribution in [2.75, 3.05) is 4.90 Å². The average molecular weight is 224 g/mol.